The molecule has 0 aliphatic heterocycles. The molecule has 24 heavy (non-hydrogen) atoms. The van der Waals surface area contributed by atoms with Crippen LogP contribution in [0.15, 0.2) is 35.6 Å². The minimum atomic E-state index is -0.348. The summed E-state index contributed by atoms with van der Waals surface area (Å²) < 4.78 is 0. The van der Waals surface area contributed by atoms with Crippen LogP contribution in [0.2, 0.25) is 10.0 Å². The van der Waals surface area contributed by atoms with Crippen molar-refractivity contribution in [3.05, 3.63) is 46.1 Å². The van der Waals surface area contributed by atoms with E-state index in [1.54, 1.807) is 18.2 Å². The second-order valence-corrected chi connectivity index (χ2v) is 7.48. The summed E-state index contributed by atoms with van der Waals surface area (Å²) in [6.45, 7) is 3.73. The molecular formula is C16H14Cl2N4OS. The fourth-order valence-electron chi connectivity index (χ4n) is 2.09. The predicted molar refractivity (Wildman–Crippen MR) is 99.0 cm³/mol. The quantitative estimate of drug-likeness (QED) is 0.643. The molecule has 0 radical (unpaired) electrons. The standard InChI is InChI=1S/C16H14Cl2N4OS/c1-8-3-4-10(17)5-12(8)20-15(23)9(2)24-16-21-13-6-11(18)7-19-14(13)22-16/h3-7,9H,1-2H3,(H,20,23)(H,19,21,22)/t9-/m0/s1. The molecule has 1 amide bonds. The van der Waals surface area contributed by atoms with Crippen LogP contribution in [0, 0.1) is 6.92 Å². The lowest BCUT2D eigenvalue weighted by molar-refractivity contribution is -0.115. The number of anilines is 1. The van der Waals surface area contributed by atoms with Gasteiger partial charge >= 0.3 is 0 Å². The van der Waals surface area contributed by atoms with Gasteiger partial charge in [-0.1, -0.05) is 41.0 Å². The van der Waals surface area contributed by atoms with E-state index in [0.29, 0.717) is 26.5 Å². The molecule has 5 nitrogen and oxygen atoms in total. The second kappa shape index (κ2) is 7.01. The van der Waals surface area contributed by atoms with Crippen LogP contribution in [0.4, 0.5) is 5.69 Å². The highest BCUT2D eigenvalue weighted by Gasteiger charge is 2.18. The second-order valence-electron chi connectivity index (χ2n) is 5.28. The molecular weight excluding hydrogens is 367 g/mol. The van der Waals surface area contributed by atoms with Crippen LogP contribution >= 0.6 is 35.0 Å². The molecule has 3 rings (SSSR count). The van der Waals surface area contributed by atoms with E-state index in [2.05, 4.69) is 20.3 Å². The summed E-state index contributed by atoms with van der Waals surface area (Å²) in [4.78, 5) is 24.0. The summed E-state index contributed by atoms with van der Waals surface area (Å²) in [7, 11) is 0. The van der Waals surface area contributed by atoms with Gasteiger partial charge in [0, 0.05) is 16.9 Å². The zero-order chi connectivity index (χ0) is 17.3. The first-order valence-corrected chi connectivity index (χ1v) is 8.81. The first kappa shape index (κ1) is 17.1. The number of carbonyl (C=O) groups is 1. The van der Waals surface area contributed by atoms with E-state index in [-0.39, 0.29) is 11.2 Å². The molecule has 0 aliphatic rings. The minimum Gasteiger partial charge on any atom is -0.331 e. The molecule has 1 aromatic carbocycles. The highest BCUT2D eigenvalue weighted by atomic mass is 35.5. The number of imidazole rings is 1. The van der Waals surface area contributed by atoms with Crippen LogP contribution in [0.3, 0.4) is 0 Å². The van der Waals surface area contributed by atoms with Gasteiger partial charge in [0.25, 0.3) is 0 Å². The Morgan fingerprint density at radius 2 is 2.08 bits per heavy atom. The first-order valence-electron chi connectivity index (χ1n) is 7.17. The monoisotopic (exact) mass is 380 g/mol. The number of thioether (sulfide) groups is 1. The van der Waals surface area contributed by atoms with Crippen LogP contribution in [0.1, 0.15) is 12.5 Å². The summed E-state index contributed by atoms with van der Waals surface area (Å²) in [5.74, 6) is -0.128. The number of benzene rings is 1. The van der Waals surface area contributed by atoms with Gasteiger partial charge in [0.05, 0.1) is 15.8 Å². The molecule has 124 valence electrons. The number of aromatic nitrogens is 3. The van der Waals surface area contributed by atoms with Gasteiger partial charge < -0.3 is 10.3 Å². The molecule has 0 spiro atoms. The number of hydrogen-bond donors (Lipinski definition) is 2. The average molecular weight is 381 g/mol. The first-order chi connectivity index (χ1) is 11.4. The van der Waals surface area contributed by atoms with Gasteiger partial charge in [0.1, 0.15) is 0 Å². The highest BCUT2D eigenvalue weighted by molar-refractivity contribution is 8.00. The predicted octanol–water partition coefficient (Wildman–Crippen LogP) is 4.69. The van der Waals surface area contributed by atoms with Gasteiger partial charge in [0.15, 0.2) is 10.8 Å². The van der Waals surface area contributed by atoms with Gasteiger partial charge in [0.2, 0.25) is 5.91 Å². The van der Waals surface area contributed by atoms with E-state index < -0.39 is 0 Å². The molecule has 0 fully saturated rings. The number of rotatable bonds is 4. The summed E-state index contributed by atoms with van der Waals surface area (Å²) in [5.41, 5.74) is 2.97. The van der Waals surface area contributed by atoms with Crippen molar-refractivity contribution in [1.82, 2.24) is 15.0 Å². The lowest BCUT2D eigenvalue weighted by Crippen LogP contribution is -2.23. The van der Waals surface area contributed by atoms with Gasteiger partial charge in [-0.25, -0.2) is 9.97 Å². The Balaban J connectivity index is 1.72. The number of pyridine rings is 1. The number of nitrogens with one attached hydrogen (secondary N) is 2. The number of fused-ring (bicyclic) bond motifs is 1. The Bertz CT molecular complexity index is 912. The number of aryl methyl sites for hydroxylation is 1. The van der Waals surface area contributed by atoms with Crippen LogP contribution in [-0.2, 0) is 4.79 Å². The van der Waals surface area contributed by atoms with E-state index in [1.807, 2.05) is 19.9 Å². The van der Waals surface area contributed by atoms with Crippen LogP contribution in [0.5, 0.6) is 0 Å². The summed E-state index contributed by atoms with van der Waals surface area (Å²) >= 11 is 13.2. The number of hydrogen-bond acceptors (Lipinski definition) is 4. The Kier molecular flexibility index (Phi) is 4.99. The smallest absolute Gasteiger partial charge is 0.237 e. The van der Waals surface area contributed by atoms with Gasteiger partial charge in [-0.05, 0) is 37.6 Å². The van der Waals surface area contributed by atoms with Crippen LogP contribution in [-0.4, -0.2) is 26.1 Å². The SMILES string of the molecule is Cc1ccc(Cl)cc1NC(=O)[C@H](C)Sc1nc2ncc(Cl)cc2[nH]1. The van der Waals surface area contributed by atoms with E-state index in [9.17, 15) is 4.79 Å². The van der Waals surface area contributed by atoms with Crippen LogP contribution in [0.25, 0.3) is 11.2 Å². The number of H-pyrrole nitrogens is 1. The fourth-order valence-corrected chi connectivity index (χ4v) is 3.23. The normalized spacial score (nSPS) is 12.3. The molecule has 2 heterocycles. The Hall–Kier alpha value is -1.76. The molecule has 1 atom stereocenters. The number of halogens is 2. The van der Waals surface area contributed by atoms with Crippen molar-refractivity contribution in [3.8, 4) is 0 Å². The number of nitrogens with zero attached hydrogens (tertiary/aromatic N) is 2. The van der Waals surface area contributed by atoms with E-state index in [0.717, 1.165) is 11.1 Å². The third-order valence-electron chi connectivity index (χ3n) is 3.40. The highest BCUT2D eigenvalue weighted by Crippen LogP contribution is 2.26. The molecule has 0 aliphatic carbocycles. The molecule has 2 aromatic heterocycles. The molecule has 0 saturated carbocycles. The van der Waals surface area contributed by atoms with Gasteiger partial charge in [-0.15, -0.1) is 0 Å². The van der Waals surface area contributed by atoms with Crippen molar-refractivity contribution in [3.63, 3.8) is 0 Å². The maximum absolute atomic E-state index is 12.4. The van der Waals surface area contributed by atoms with E-state index in [4.69, 9.17) is 23.2 Å². The lowest BCUT2D eigenvalue weighted by atomic mass is 10.2. The minimum absolute atomic E-state index is 0.128. The third kappa shape index (κ3) is 3.83. The molecule has 0 unspecified atom stereocenters. The summed E-state index contributed by atoms with van der Waals surface area (Å²) in [5, 5.41) is 4.27. The van der Waals surface area contributed by atoms with Crippen LogP contribution < -0.4 is 5.32 Å². The fraction of sp³-hybridized carbons (Fsp3) is 0.188. The van der Waals surface area contributed by atoms with E-state index >= 15 is 0 Å². The molecule has 0 saturated heterocycles. The maximum Gasteiger partial charge on any atom is 0.237 e. The largest absolute Gasteiger partial charge is 0.331 e. The lowest BCUT2D eigenvalue weighted by Gasteiger charge is -2.12. The van der Waals surface area contributed by atoms with Crippen molar-refractivity contribution < 1.29 is 4.79 Å². The molecule has 2 N–H and O–H groups in total. The van der Waals surface area contributed by atoms with Crippen molar-refractivity contribution in [2.24, 2.45) is 0 Å². The Morgan fingerprint density at radius 3 is 2.88 bits per heavy atom. The van der Waals surface area contributed by atoms with Gasteiger partial charge in [-0.3, -0.25) is 4.79 Å². The topological polar surface area (TPSA) is 70.7 Å². The summed E-state index contributed by atoms with van der Waals surface area (Å²) in [6, 6.07) is 7.14. The van der Waals surface area contributed by atoms with E-state index in [1.165, 1.54) is 18.0 Å². The average Bonchev–Trinajstić information content (AvgIpc) is 2.92. The van der Waals surface area contributed by atoms with Gasteiger partial charge in [-0.2, -0.15) is 0 Å². The molecule has 8 heteroatoms. The number of carbonyl (C=O) groups excluding carboxylic acids is 1. The van der Waals surface area contributed by atoms with Crippen molar-refractivity contribution >= 4 is 57.7 Å². The third-order valence-corrected chi connectivity index (χ3v) is 4.82. The molecule has 0 bridgehead atoms. The number of amides is 1. The molecule has 3 aromatic rings. The van der Waals surface area contributed by atoms with Crippen molar-refractivity contribution in [1.29, 1.82) is 0 Å². The zero-order valence-electron chi connectivity index (χ0n) is 12.9. The van der Waals surface area contributed by atoms with Crippen molar-refractivity contribution in [2.75, 3.05) is 5.32 Å². The Labute approximate surface area is 153 Å². The zero-order valence-corrected chi connectivity index (χ0v) is 15.3. The maximum atomic E-state index is 12.4. The summed E-state index contributed by atoms with van der Waals surface area (Å²) in [6.07, 6.45) is 1.54. The Morgan fingerprint density at radius 1 is 1.29 bits per heavy atom. The number of aromatic amines is 1. The van der Waals surface area contributed by atoms with Crippen molar-refractivity contribution in [2.45, 2.75) is 24.3 Å².